The van der Waals surface area contributed by atoms with Crippen LogP contribution in [0.4, 0.5) is 0 Å². The van der Waals surface area contributed by atoms with Crippen molar-refractivity contribution >= 4 is 21.8 Å². The summed E-state index contributed by atoms with van der Waals surface area (Å²) in [4.78, 5) is 13.9. The fourth-order valence-electron chi connectivity index (χ4n) is 1.55. The first-order chi connectivity index (χ1) is 8.27. The van der Waals surface area contributed by atoms with Gasteiger partial charge in [-0.2, -0.15) is 0 Å². The molecule has 0 atom stereocenters. The second-order valence-corrected chi connectivity index (χ2v) is 4.52. The SMILES string of the molecule is COCCN(CCBr)C(=O)Cc1ccccc1. The zero-order valence-corrected chi connectivity index (χ0v) is 11.6. The summed E-state index contributed by atoms with van der Waals surface area (Å²) in [6.07, 6.45) is 0.456. The molecule has 0 spiro atoms. The molecule has 1 rings (SSSR count). The predicted octanol–water partition coefficient (Wildman–Crippen LogP) is 2.10. The van der Waals surface area contributed by atoms with Crippen molar-refractivity contribution in [3.63, 3.8) is 0 Å². The van der Waals surface area contributed by atoms with Crippen molar-refractivity contribution in [3.05, 3.63) is 35.9 Å². The molecule has 0 saturated heterocycles. The van der Waals surface area contributed by atoms with Crippen LogP contribution in [-0.2, 0) is 16.0 Å². The number of alkyl halides is 1. The Bertz CT molecular complexity index is 329. The number of amides is 1. The number of halogens is 1. The Balaban J connectivity index is 2.52. The van der Waals surface area contributed by atoms with Gasteiger partial charge in [-0.3, -0.25) is 4.79 Å². The van der Waals surface area contributed by atoms with E-state index in [0.717, 1.165) is 17.4 Å². The highest BCUT2D eigenvalue weighted by atomic mass is 79.9. The standard InChI is InChI=1S/C13H18BrNO2/c1-17-10-9-15(8-7-14)13(16)11-12-5-3-2-4-6-12/h2-6H,7-11H2,1H3. The maximum Gasteiger partial charge on any atom is 0.227 e. The molecule has 0 aliphatic carbocycles. The minimum absolute atomic E-state index is 0.146. The number of methoxy groups -OCH3 is 1. The van der Waals surface area contributed by atoms with Crippen LogP contribution in [-0.4, -0.2) is 42.9 Å². The molecule has 0 aliphatic rings. The van der Waals surface area contributed by atoms with E-state index in [4.69, 9.17) is 4.74 Å². The molecule has 4 heteroatoms. The number of hydrogen-bond donors (Lipinski definition) is 0. The van der Waals surface area contributed by atoms with Gasteiger partial charge in [0, 0.05) is 25.5 Å². The topological polar surface area (TPSA) is 29.5 Å². The van der Waals surface area contributed by atoms with Gasteiger partial charge in [-0.05, 0) is 5.56 Å². The zero-order chi connectivity index (χ0) is 12.5. The lowest BCUT2D eigenvalue weighted by Gasteiger charge is -2.21. The average Bonchev–Trinajstić information content (AvgIpc) is 2.35. The van der Waals surface area contributed by atoms with E-state index >= 15 is 0 Å². The summed E-state index contributed by atoms with van der Waals surface area (Å²) in [6, 6.07) is 9.80. The fourth-order valence-corrected chi connectivity index (χ4v) is 1.98. The van der Waals surface area contributed by atoms with Crippen LogP contribution in [0.2, 0.25) is 0 Å². The largest absolute Gasteiger partial charge is 0.383 e. The predicted molar refractivity (Wildman–Crippen MR) is 72.4 cm³/mol. The molecule has 94 valence electrons. The smallest absolute Gasteiger partial charge is 0.227 e. The second kappa shape index (κ2) is 8.25. The van der Waals surface area contributed by atoms with E-state index in [9.17, 15) is 4.79 Å². The molecule has 0 radical (unpaired) electrons. The summed E-state index contributed by atoms with van der Waals surface area (Å²) in [7, 11) is 1.65. The van der Waals surface area contributed by atoms with Gasteiger partial charge in [-0.25, -0.2) is 0 Å². The van der Waals surface area contributed by atoms with Crippen LogP contribution in [0.3, 0.4) is 0 Å². The molecule has 1 aromatic rings. The quantitative estimate of drug-likeness (QED) is 0.722. The number of carbonyl (C=O) groups is 1. The summed E-state index contributed by atoms with van der Waals surface area (Å²) in [5.41, 5.74) is 1.05. The summed E-state index contributed by atoms with van der Waals surface area (Å²) in [5.74, 6) is 0.146. The van der Waals surface area contributed by atoms with Gasteiger partial charge in [-0.1, -0.05) is 46.3 Å². The van der Waals surface area contributed by atoms with Crippen LogP contribution in [0.15, 0.2) is 30.3 Å². The van der Waals surface area contributed by atoms with Crippen LogP contribution in [0, 0.1) is 0 Å². The van der Waals surface area contributed by atoms with Crippen molar-refractivity contribution in [2.45, 2.75) is 6.42 Å². The first kappa shape index (κ1) is 14.2. The second-order valence-electron chi connectivity index (χ2n) is 3.72. The zero-order valence-electron chi connectivity index (χ0n) is 10.1. The lowest BCUT2D eigenvalue weighted by Crippen LogP contribution is -2.36. The molecule has 0 bridgehead atoms. The van der Waals surface area contributed by atoms with Gasteiger partial charge in [0.1, 0.15) is 0 Å². The third kappa shape index (κ3) is 5.33. The Hall–Kier alpha value is -0.870. The van der Waals surface area contributed by atoms with Crippen molar-refractivity contribution in [1.82, 2.24) is 4.90 Å². The van der Waals surface area contributed by atoms with Crippen molar-refractivity contribution in [3.8, 4) is 0 Å². The summed E-state index contributed by atoms with van der Waals surface area (Å²) < 4.78 is 5.01. The molecule has 17 heavy (non-hydrogen) atoms. The van der Waals surface area contributed by atoms with E-state index in [1.807, 2.05) is 35.2 Å². The van der Waals surface area contributed by atoms with Crippen molar-refractivity contribution in [2.75, 3.05) is 32.1 Å². The van der Waals surface area contributed by atoms with Gasteiger partial charge in [0.25, 0.3) is 0 Å². The fraction of sp³-hybridized carbons (Fsp3) is 0.462. The first-order valence-corrected chi connectivity index (χ1v) is 6.76. The number of hydrogen-bond acceptors (Lipinski definition) is 2. The van der Waals surface area contributed by atoms with Crippen LogP contribution >= 0.6 is 15.9 Å². The van der Waals surface area contributed by atoms with E-state index in [1.165, 1.54) is 0 Å². The molecule has 0 aromatic heterocycles. The van der Waals surface area contributed by atoms with E-state index in [1.54, 1.807) is 7.11 Å². The number of nitrogens with zero attached hydrogens (tertiary/aromatic N) is 1. The van der Waals surface area contributed by atoms with Crippen molar-refractivity contribution in [1.29, 1.82) is 0 Å². The molecule has 3 nitrogen and oxygen atoms in total. The van der Waals surface area contributed by atoms with Gasteiger partial charge in [0.2, 0.25) is 5.91 Å². The van der Waals surface area contributed by atoms with E-state index < -0.39 is 0 Å². The third-order valence-electron chi connectivity index (χ3n) is 2.47. The van der Waals surface area contributed by atoms with E-state index in [-0.39, 0.29) is 5.91 Å². The van der Waals surface area contributed by atoms with Gasteiger partial charge < -0.3 is 9.64 Å². The minimum Gasteiger partial charge on any atom is -0.383 e. The minimum atomic E-state index is 0.146. The van der Waals surface area contributed by atoms with Crippen molar-refractivity contribution in [2.24, 2.45) is 0 Å². The Morgan fingerprint density at radius 2 is 2.00 bits per heavy atom. The molecule has 0 fully saturated rings. The summed E-state index contributed by atoms with van der Waals surface area (Å²) in [6.45, 7) is 1.94. The Morgan fingerprint density at radius 1 is 1.29 bits per heavy atom. The maximum absolute atomic E-state index is 12.1. The molecule has 0 aliphatic heterocycles. The summed E-state index contributed by atoms with van der Waals surface area (Å²) in [5, 5.41) is 0.789. The highest BCUT2D eigenvalue weighted by molar-refractivity contribution is 9.09. The van der Waals surface area contributed by atoms with Crippen molar-refractivity contribution < 1.29 is 9.53 Å². The normalized spacial score (nSPS) is 10.2. The van der Waals surface area contributed by atoms with E-state index in [0.29, 0.717) is 19.6 Å². The molecule has 1 amide bonds. The van der Waals surface area contributed by atoms with Gasteiger partial charge >= 0.3 is 0 Å². The lowest BCUT2D eigenvalue weighted by molar-refractivity contribution is -0.130. The average molecular weight is 300 g/mol. The molecule has 0 saturated carbocycles. The summed E-state index contributed by atoms with van der Waals surface area (Å²) >= 11 is 3.36. The molecule has 0 heterocycles. The third-order valence-corrected chi connectivity index (χ3v) is 2.83. The maximum atomic E-state index is 12.1. The number of rotatable bonds is 7. The monoisotopic (exact) mass is 299 g/mol. The Kier molecular flexibility index (Phi) is 6.89. The van der Waals surface area contributed by atoms with Crippen LogP contribution in [0.5, 0.6) is 0 Å². The van der Waals surface area contributed by atoms with E-state index in [2.05, 4.69) is 15.9 Å². The molecule has 0 unspecified atom stereocenters. The highest BCUT2D eigenvalue weighted by Gasteiger charge is 2.12. The van der Waals surface area contributed by atoms with Gasteiger partial charge in [0.05, 0.1) is 13.0 Å². The van der Waals surface area contributed by atoms with Crippen LogP contribution < -0.4 is 0 Å². The molecular weight excluding hydrogens is 282 g/mol. The molecule has 0 N–H and O–H groups in total. The Morgan fingerprint density at radius 3 is 2.59 bits per heavy atom. The Labute approximate surface area is 111 Å². The van der Waals surface area contributed by atoms with Crippen LogP contribution in [0.25, 0.3) is 0 Å². The number of carbonyl (C=O) groups excluding carboxylic acids is 1. The van der Waals surface area contributed by atoms with Crippen LogP contribution in [0.1, 0.15) is 5.56 Å². The molecular formula is C13H18BrNO2. The first-order valence-electron chi connectivity index (χ1n) is 5.64. The van der Waals surface area contributed by atoms with Gasteiger partial charge in [0.15, 0.2) is 0 Å². The molecule has 1 aromatic carbocycles. The number of ether oxygens (including phenoxy) is 1. The van der Waals surface area contributed by atoms with Gasteiger partial charge in [-0.15, -0.1) is 0 Å². The lowest BCUT2D eigenvalue weighted by atomic mass is 10.1. The highest BCUT2D eigenvalue weighted by Crippen LogP contribution is 2.03. The number of benzene rings is 1.